The van der Waals surface area contributed by atoms with Crippen molar-refractivity contribution in [2.24, 2.45) is 0 Å². The predicted molar refractivity (Wildman–Crippen MR) is 221 cm³/mol. The maximum Gasteiger partial charge on any atom is 0.0727 e. The summed E-state index contributed by atoms with van der Waals surface area (Å²) >= 11 is 1.92. The van der Waals surface area contributed by atoms with Gasteiger partial charge in [0.2, 0.25) is 0 Å². The largest absolute Gasteiger partial charge is 0.336 e. The Labute approximate surface area is 308 Å². The van der Waals surface area contributed by atoms with Crippen LogP contribution < -0.4 is 4.90 Å². The summed E-state index contributed by atoms with van der Waals surface area (Å²) in [6.45, 7) is 0.761. The van der Waals surface area contributed by atoms with Crippen LogP contribution in [0.25, 0.3) is 42.4 Å². The lowest BCUT2D eigenvalue weighted by Crippen LogP contribution is -2.28. The highest BCUT2D eigenvalue weighted by Gasteiger charge is 2.46. The van der Waals surface area contributed by atoms with E-state index in [2.05, 4.69) is 205 Å². The molecule has 8 aromatic carbocycles. The van der Waals surface area contributed by atoms with Gasteiger partial charge in [0.15, 0.2) is 0 Å². The SMILES string of the molecule is c1ccc(CN(c2ccc3c(c2)sc2c(C4(c5ccccc5)c5ccccc5-c5ccccc54)cccc23)c2ccccc2-c2ccccc2)cc1. The molecule has 2 heteroatoms. The number of benzene rings is 8. The summed E-state index contributed by atoms with van der Waals surface area (Å²) in [5, 5.41) is 2.60. The van der Waals surface area contributed by atoms with Crippen LogP contribution in [0.2, 0.25) is 0 Å². The molecule has 0 amide bonds. The molecule has 1 heterocycles. The van der Waals surface area contributed by atoms with E-state index in [0.717, 1.165) is 6.54 Å². The summed E-state index contributed by atoms with van der Waals surface area (Å²) in [6.07, 6.45) is 0. The number of fused-ring (bicyclic) bond motifs is 6. The van der Waals surface area contributed by atoms with Crippen LogP contribution in [0.3, 0.4) is 0 Å². The van der Waals surface area contributed by atoms with Crippen LogP contribution >= 0.6 is 11.3 Å². The van der Waals surface area contributed by atoms with Gasteiger partial charge in [-0.2, -0.15) is 0 Å². The Balaban J connectivity index is 1.20. The zero-order valence-corrected chi connectivity index (χ0v) is 29.4. The van der Waals surface area contributed by atoms with Crippen LogP contribution in [0.5, 0.6) is 0 Å². The van der Waals surface area contributed by atoms with E-state index >= 15 is 0 Å². The van der Waals surface area contributed by atoms with Gasteiger partial charge in [0.25, 0.3) is 0 Å². The third kappa shape index (κ3) is 4.76. The van der Waals surface area contributed by atoms with Crippen molar-refractivity contribution >= 4 is 42.9 Å². The molecule has 1 aromatic heterocycles. The minimum Gasteiger partial charge on any atom is -0.336 e. The van der Waals surface area contributed by atoms with Crippen LogP contribution in [0, 0.1) is 0 Å². The van der Waals surface area contributed by atoms with Crippen LogP contribution in [0.1, 0.15) is 27.8 Å². The van der Waals surface area contributed by atoms with E-state index in [4.69, 9.17) is 0 Å². The molecule has 0 spiro atoms. The van der Waals surface area contributed by atoms with Gasteiger partial charge >= 0.3 is 0 Å². The summed E-state index contributed by atoms with van der Waals surface area (Å²) in [7, 11) is 0. The molecule has 1 aliphatic carbocycles. The maximum absolute atomic E-state index is 2.48. The van der Waals surface area contributed by atoms with Gasteiger partial charge in [0, 0.05) is 43.7 Å². The fourth-order valence-electron chi connectivity index (χ4n) is 8.58. The number of hydrogen-bond acceptors (Lipinski definition) is 2. The van der Waals surface area contributed by atoms with Gasteiger partial charge in [-0.15, -0.1) is 11.3 Å². The molecule has 0 aliphatic heterocycles. The highest BCUT2D eigenvalue weighted by molar-refractivity contribution is 7.26. The molecular formula is C50H35NS. The van der Waals surface area contributed by atoms with Crippen molar-refractivity contribution in [2.45, 2.75) is 12.0 Å². The Morgan fingerprint density at radius 1 is 0.442 bits per heavy atom. The van der Waals surface area contributed by atoms with Crippen LogP contribution in [-0.4, -0.2) is 0 Å². The van der Waals surface area contributed by atoms with Gasteiger partial charge < -0.3 is 4.90 Å². The fourth-order valence-corrected chi connectivity index (χ4v) is 9.89. The fraction of sp³-hybridized carbons (Fsp3) is 0.0400. The second-order valence-electron chi connectivity index (χ2n) is 13.6. The lowest BCUT2D eigenvalue weighted by atomic mass is 9.67. The highest BCUT2D eigenvalue weighted by Crippen LogP contribution is 2.58. The summed E-state index contributed by atoms with van der Waals surface area (Å²) in [4.78, 5) is 2.48. The number of para-hydroxylation sites is 1. The molecule has 0 atom stereocenters. The summed E-state index contributed by atoms with van der Waals surface area (Å²) < 4.78 is 2.63. The standard InChI is InChI=1S/C50H35NS/c1-4-17-35(18-5-1)34-51(47-30-15-12-23-39(47)36-19-6-2-7-20-36)38-31-32-42-43-26-16-29-46(49(43)52-48(42)33-38)50(37-21-8-3-9-22-37)44-27-13-10-24-40(44)41-25-11-14-28-45(41)50/h1-33H,34H2. The van der Waals surface area contributed by atoms with Crippen molar-refractivity contribution in [2.75, 3.05) is 4.90 Å². The average Bonchev–Trinajstić information content (AvgIpc) is 3.75. The van der Waals surface area contributed by atoms with Crippen molar-refractivity contribution in [1.82, 2.24) is 0 Å². The number of anilines is 2. The van der Waals surface area contributed by atoms with E-state index in [1.807, 2.05) is 11.3 Å². The maximum atomic E-state index is 2.48. The zero-order valence-electron chi connectivity index (χ0n) is 28.6. The van der Waals surface area contributed by atoms with Gasteiger partial charge in [-0.05, 0) is 62.7 Å². The number of hydrogen-bond donors (Lipinski definition) is 0. The van der Waals surface area contributed by atoms with E-state index in [1.165, 1.54) is 81.6 Å². The van der Waals surface area contributed by atoms with Gasteiger partial charge in [0.05, 0.1) is 5.41 Å². The first-order valence-electron chi connectivity index (χ1n) is 18.0. The Bertz CT molecular complexity index is 2670. The molecule has 0 unspecified atom stereocenters. The van der Waals surface area contributed by atoms with Crippen molar-refractivity contribution in [3.8, 4) is 22.3 Å². The third-order valence-corrected chi connectivity index (χ3v) is 12.0. The summed E-state index contributed by atoms with van der Waals surface area (Å²) in [5.41, 5.74) is 13.6. The van der Waals surface area contributed by atoms with E-state index < -0.39 is 5.41 Å². The van der Waals surface area contributed by atoms with Crippen LogP contribution in [0.4, 0.5) is 11.4 Å². The van der Waals surface area contributed by atoms with Crippen molar-refractivity contribution in [3.05, 3.63) is 228 Å². The Hall–Kier alpha value is -6.22. The topological polar surface area (TPSA) is 3.24 Å². The second kappa shape index (κ2) is 12.5. The van der Waals surface area contributed by atoms with E-state index in [1.54, 1.807) is 0 Å². The van der Waals surface area contributed by atoms with Gasteiger partial charge in [-0.3, -0.25) is 0 Å². The summed E-state index contributed by atoms with van der Waals surface area (Å²) in [6, 6.07) is 73.6. The van der Waals surface area contributed by atoms with E-state index in [-0.39, 0.29) is 0 Å². The predicted octanol–water partition coefficient (Wildman–Crippen LogP) is 13.4. The lowest BCUT2D eigenvalue weighted by Gasteiger charge is -2.34. The first-order valence-corrected chi connectivity index (χ1v) is 18.8. The molecule has 0 saturated carbocycles. The van der Waals surface area contributed by atoms with E-state index in [0.29, 0.717) is 0 Å². The third-order valence-electron chi connectivity index (χ3n) is 10.8. The van der Waals surface area contributed by atoms with Crippen molar-refractivity contribution < 1.29 is 0 Å². The van der Waals surface area contributed by atoms with Gasteiger partial charge in [0.1, 0.15) is 0 Å². The first kappa shape index (κ1) is 30.6. The molecular weight excluding hydrogens is 647 g/mol. The summed E-state index contributed by atoms with van der Waals surface area (Å²) in [5.74, 6) is 0. The number of thiophene rings is 1. The molecule has 9 aromatic rings. The Morgan fingerprint density at radius 3 is 1.73 bits per heavy atom. The minimum atomic E-state index is -0.439. The van der Waals surface area contributed by atoms with Gasteiger partial charge in [-0.25, -0.2) is 0 Å². The molecule has 1 aliphatic rings. The molecule has 0 saturated heterocycles. The van der Waals surface area contributed by atoms with Crippen molar-refractivity contribution in [3.63, 3.8) is 0 Å². The monoisotopic (exact) mass is 681 g/mol. The highest BCUT2D eigenvalue weighted by atomic mass is 32.1. The molecule has 10 rings (SSSR count). The zero-order chi connectivity index (χ0) is 34.5. The molecule has 0 bridgehead atoms. The molecule has 0 radical (unpaired) electrons. The lowest BCUT2D eigenvalue weighted by molar-refractivity contribution is 0.778. The quantitative estimate of drug-likeness (QED) is 0.162. The molecule has 0 N–H and O–H groups in total. The molecule has 1 nitrogen and oxygen atoms in total. The second-order valence-corrected chi connectivity index (χ2v) is 14.7. The molecule has 0 fully saturated rings. The first-order chi connectivity index (χ1) is 25.8. The molecule has 246 valence electrons. The Morgan fingerprint density at radius 2 is 1.02 bits per heavy atom. The van der Waals surface area contributed by atoms with Crippen LogP contribution in [-0.2, 0) is 12.0 Å². The van der Waals surface area contributed by atoms with E-state index in [9.17, 15) is 0 Å². The number of rotatable bonds is 7. The van der Waals surface area contributed by atoms with Gasteiger partial charge in [-0.1, -0.05) is 182 Å². The minimum absolute atomic E-state index is 0.439. The number of nitrogens with zero attached hydrogens (tertiary/aromatic N) is 1. The smallest absolute Gasteiger partial charge is 0.0727 e. The Kier molecular flexibility index (Phi) is 7.37. The molecule has 52 heavy (non-hydrogen) atoms. The van der Waals surface area contributed by atoms with Crippen LogP contribution in [0.15, 0.2) is 200 Å². The normalized spacial score (nSPS) is 12.8. The average molecular weight is 682 g/mol. The van der Waals surface area contributed by atoms with Crippen molar-refractivity contribution in [1.29, 1.82) is 0 Å².